The van der Waals surface area contributed by atoms with Gasteiger partial charge in [-0.1, -0.05) is 6.92 Å². The van der Waals surface area contributed by atoms with Gasteiger partial charge in [0.25, 0.3) is 0 Å². The monoisotopic (exact) mass is 188 g/mol. The molecule has 0 rings (SSSR count). The molecule has 78 valence electrons. The minimum atomic E-state index is -0.838. The van der Waals surface area contributed by atoms with Gasteiger partial charge in [-0.2, -0.15) is 0 Å². The highest BCUT2D eigenvalue weighted by Gasteiger charge is 2.16. The van der Waals surface area contributed by atoms with Gasteiger partial charge in [0, 0.05) is 19.0 Å². The van der Waals surface area contributed by atoms with Crippen LogP contribution in [0, 0.1) is 5.92 Å². The van der Waals surface area contributed by atoms with Crippen LogP contribution in [0.1, 0.15) is 20.8 Å². The van der Waals surface area contributed by atoms with E-state index in [9.17, 15) is 9.90 Å². The molecule has 0 aromatic heterocycles. The van der Waals surface area contributed by atoms with Gasteiger partial charge in [-0.05, 0) is 20.9 Å². The topological polar surface area (TPSA) is 61.4 Å². The fourth-order valence-electron chi connectivity index (χ4n) is 0.877. The van der Waals surface area contributed by atoms with Crippen molar-refractivity contribution in [3.8, 4) is 0 Å². The van der Waals surface area contributed by atoms with Crippen molar-refractivity contribution in [1.82, 2.24) is 10.6 Å². The Bertz CT molecular complexity index is 163. The standard InChI is InChI=1S/C9H20N2O2/c1-7(5-10-4)8(12)11-6-9(2,3)13/h7,10,13H,5-6H2,1-4H3,(H,11,12). The van der Waals surface area contributed by atoms with E-state index in [0.717, 1.165) is 0 Å². The third-order valence-electron chi connectivity index (χ3n) is 1.65. The van der Waals surface area contributed by atoms with Gasteiger partial charge in [0.1, 0.15) is 0 Å². The molecule has 0 spiro atoms. The summed E-state index contributed by atoms with van der Waals surface area (Å²) in [6.07, 6.45) is 0. The molecule has 0 bridgehead atoms. The molecule has 4 heteroatoms. The summed E-state index contributed by atoms with van der Waals surface area (Å²) in [4.78, 5) is 11.3. The first-order valence-corrected chi connectivity index (χ1v) is 4.51. The van der Waals surface area contributed by atoms with Crippen molar-refractivity contribution in [2.45, 2.75) is 26.4 Å². The quantitative estimate of drug-likeness (QED) is 0.556. The van der Waals surface area contributed by atoms with E-state index >= 15 is 0 Å². The van der Waals surface area contributed by atoms with Crippen LogP contribution >= 0.6 is 0 Å². The number of amides is 1. The summed E-state index contributed by atoms with van der Waals surface area (Å²) in [7, 11) is 1.81. The number of nitrogens with one attached hydrogen (secondary N) is 2. The highest BCUT2D eigenvalue weighted by atomic mass is 16.3. The van der Waals surface area contributed by atoms with Crippen molar-refractivity contribution < 1.29 is 9.90 Å². The van der Waals surface area contributed by atoms with Crippen LogP contribution in [0.4, 0.5) is 0 Å². The molecule has 0 aromatic rings. The zero-order valence-corrected chi connectivity index (χ0v) is 8.85. The molecule has 0 aliphatic carbocycles. The first-order valence-electron chi connectivity index (χ1n) is 4.51. The normalized spacial score (nSPS) is 13.9. The van der Waals surface area contributed by atoms with Crippen LogP contribution in [0.5, 0.6) is 0 Å². The molecular formula is C9H20N2O2. The van der Waals surface area contributed by atoms with Crippen molar-refractivity contribution in [3.63, 3.8) is 0 Å². The lowest BCUT2D eigenvalue weighted by molar-refractivity contribution is -0.125. The van der Waals surface area contributed by atoms with Gasteiger partial charge in [0.2, 0.25) is 5.91 Å². The number of carbonyl (C=O) groups excluding carboxylic acids is 1. The van der Waals surface area contributed by atoms with E-state index < -0.39 is 5.60 Å². The van der Waals surface area contributed by atoms with E-state index in [2.05, 4.69) is 10.6 Å². The van der Waals surface area contributed by atoms with Crippen molar-refractivity contribution in [3.05, 3.63) is 0 Å². The molecule has 1 amide bonds. The van der Waals surface area contributed by atoms with Crippen molar-refractivity contribution in [2.24, 2.45) is 5.92 Å². The second-order valence-corrected chi connectivity index (χ2v) is 3.99. The molecule has 13 heavy (non-hydrogen) atoms. The number of hydrogen-bond donors (Lipinski definition) is 3. The maximum Gasteiger partial charge on any atom is 0.224 e. The summed E-state index contributed by atoms with van der Waals surface area (Å²) in [5.41, 5.74) is -0.838. The van der Waals surface area contributed by atoms with Crippen LogP contribution in [-0.2, 0) is 4.79 Å². The predicted octanol–water partition coefficient (Wildman–Crippen LogP) is -0.271. The Balaban J connectivity index is 3.74. The van der Waals surface area contributed by atoms with Gasteiger partial charge < -0.3 is 15.7 Å². The summed E-state index contributed by atoms with van der Waals surface area (Å²) in [5.74, 6) is -0.0937. The molecule has 0 saturated heterocycles. The summed E-state index contributed by atoms with van der Waals surface area (Å²) in [6.45, 7) is 6.11. The van der Waals surface area contributed by atoms with E-state index in [1.807, 2.05) is 6.92 Å². The molecule has 1 unspecified atom stereocenters. The second-order valence-electron chi connectivity index (χ2n) is 3.99. The van der Waals surface area contributed by atoms with Crippen molar-refractivity contribution >= 4 is 5.91 Å². The highest BCUT2D eigenvalue weighted by Crippen LogP contribution is 1.99. The Kier molecular flexibility index (Phi) is 4.95. The molecule has 0 aliphatic heterocycles. The third kappa shape index (κ3) is 6.54. The smallest absolute Gasteiger partial charge is 0.224 e. The zero-order valence-electron chi connectivity index (χ0n) is 8.85. The van der Waals surface area contributed by atoms with Gasteiger partial charge >= 0.3 is 0 Å². The Labute approximate surface area is 79.7 Å². The Morgan fingerprint density at radius 1 is 1.54 bits per heavy atom. The SMILES string of the molecule is CNCC(C)C(=O)NCC(C)(C)O. The lowest BCUT2D eigenvalue weighted by atomic mass is 10.1. The minimum Gasteiger partial charge on any atom is -0.389 e. The Morgan fingerprint density at radius 3 is 2.46 bits per heavy atom. The Hall–Kier alpha value is -0.610. The fourth-order valence-corrected chi connectivity index (χ4v) is 0.877. The maximum atomic E-state index is 11.3. The fraction of sp³-hybridized carbons (Fsp3) is 0.889. The first kappa shape index (κ1) is 12.4. The largest absolute Gasteiger partial charge is 0.389 e. The van der Waals surface area contributed by atoms with E-state index in [1.165, 1.54) is 0 Å². The minimum absolute atomic E-state index is 0.0310. The van der Waals surface area contributed by atoms with Gasteiger partial charge in [0.05, 0.1) is 5.60 Å². The Morgan fingerprint density at radius 2 is 2.08 bits per heavy atom. The van der Waals surface area contributed by atoms with Gasteiger partial charge in [-0.25, -0.2) is 0 Å². The van der Waals surface area contributed by atoms with Crippen LogP contribution in [-0.4, -0.2) is 36.8 Å². The summed E-state index contributed by atoms with van der Waals surface area (Å²) >= 11 is 0. The lowest BCUT2D eigenvalue weighted by Crippen LogP contribution is -2.42. The second kappa shape index (κ2) is 5.19. The highest BCUT2D eigenvalue weighted by molar-refractivity contribution is 5.78. The molecule has 0 heterocycles. The molecule has 0 radical (unpaired) electrons. The van der Waals surface area contributed by atoms with Crippen LogP contribution in [0.3, 0.4) is 0 Å². The van der Waals surface area contributed by atoms with E-state index in [1.54, 1.807) is 20.9 Å². The van der Waals surface area contributed by atoms with Crippen LogP contribution < -0.4 is 10.6 Å². The average Bonchev–Trinajstić information content (AvgIpc) is 1.99. The molecule has 1 atom stereocenters. The summed E-state index contributed by atoms with van der Waals surface area (Å²) in [6, 6.07) is 0. The number of hydrogen-bond acceptors (Lipinski definition) is 3. The van der Waals surface area contributed by atoms with Gasteiger partial charge in [-0.15, -0.1) is 0 Å². The predicted molar refractivity (Wildman–Crippen MR) is 52.4 cm³/mol. The molecular weight excluding hydrogens is 168 g/mol. The van der Waals surface area contributed by atoms with Crippen LogP contribution in [0.15, 0.2) is 0 Å². The summed E-state index contributed by atoms with van der Waals surface area (Å²) < 4.78 is 0. The molecule has 0 saturated carbocycles. The molecule has 4 nitrogen and oxygen atoms in total. The molecule has 0 fully saturated rings. The number of aliphatic hydroxyl groups is 1. The van der Waals surface area contributed by atoms with E-state index in [4.69, 9.17) is 0 Å². The van der Waals surface area contributed by atoms with Crippen LogP contribution in [0.25, 0.3) is 0 Å². The van der Waals surface area contributed by atoms with Crippen LogP contribution in [0.2, 0.25) is 0 Å². The van der Waals surface area contributed by atoms with Gasteiger partial charge in [-0.3, -0.25) is 4.79 Å². The van der Waals surface area contributed by atoms with Crippen molar-refractivity contribution in [2.75, 3.05) is 20.1 Å². The third-order valence-corrected chi connectivity index (χ3v) is 1.65. The zero-order chi connectivity index (χ0) is 10.5. The van der Waals surface area contributed by atoms with E-state index in [0.29, 0.717) is 13.1 Å². The molecule has 0 aromatic carbocycles. The van der Waals surface area contributed by atoms with Crippen molar-refractivity contribution in [1.29, 1.82) is 0 Å². The van der Waals surface area contributed by atoms with E-state index in [-0.39, 0.29) is 11.8 Å². The first-order chi connectivity index (χ1) is 5.87. The number of carbonyl (C=O) groups is 1. The molecule has 0 aliphatic rings. The number of rotatable bonds is 5. The maximum absolute atomic E-state index is 11.3. The lowest BCUT2D eigenvalue weighted by Gasteiger charge is -2.19. The average molecular weight is 188 g/mol. The summed E-state index contributed by atoms with van der Waals surface area (Å²) in [5, 5.41) is 14.9. The van der Waals surface area contributed by atoms with Gasteiger partial charge in [0.15, 0.2) is 0 Å². The molecule has 3 N–H and O–H groups in total.